The quantitative estimate of drug-likeness (QED) is 0.759. The van der Waals surface area contributed by atoms with Crippen molar-refractivity contribution in [1.82, 2.24) is 10.3 Å². The minimum atomic E-state index is -0.376. The van der Waals surface area contributed by atoms with E-state index in [2.05, 4.69) is 15.6 Å². The maximum Gasteiger partial charge on any atom is 0.269 e. The monoisotopic (exact) mass is 385 g/mol. The number of rotatable bonds is 7. The minimum Gasteiger partial charge on any atom is -0.497 e. The van der Waals surface area contributed by atoms with Crippen LogP contribution in [0.25, 0.3) is 0 Å². The van der Waals surface area contributed by atoms with Crippen LogP contribution in [0.5, 0.6) is 11.5 Å². The molecule has 1 atom stereocenters. The number of hydrogen-bond donors (Lipinski definition) is 2. The van der Waals surface area contributed by atoms with E-state index in [1.807, 2.05) is 0 Å². The maximum absolute atomic E-state index is 12.6. The van der Waals surface area contributed by atoms with E-state index in [0.29, 0.717) is 29.3 Å². The molecule has 8 heteroatoms. The van der Waals surface area contributed by atoms with Gasteiger partial charge in [0.1, 0.15) is 17.2 Å². The third kappa shape index (κ3) is 4.77. The van der Waals surface area contributed by atoms with Gasteiger partial charge < -0.3 is 24.8 Å². The van der Waals surface area contributed by atoms with Crippen molar-refractivity contribution in [2.75, 3.05) is 32.7 Å². The molecular formula is C20H23N3O5. The van der Waals surface area contributed by atoms with Gasteiger partial charge in [0.2, 0.25) is 0 Å². The van der Waals surface area contributed by atoms with E-state index >= 15 is 0 Å². The highest BCUT2D eigenvalue weighted by Gasteiger charge is 2.18. The molecule has 148 valence electrons. The number of pyridine rings is 1. The Labute approximate surface area is 163 Å². The molecule has 2 amide bonds. The summed E-state index contributed by atoms with van der Waals surface area (Å²) in [5, 5.41) is 5.57. The topological polar surface area (TPSA) is 98.8 Å². The van der Waals surface area contributed by atoms with Crippen LogP contribution in [-0.4, -0.2) is 50.3 Å². The first-order valence-corrected chi connectivity index (χ1v) is 9.00. The Balaban J connectivity index is 1.67. The largest absolute Gasteiger partial charge is 0.497 e. The fourth-order valence-corrected chi connectivity index (χ4v) is 2.89. The van der Waals surface area contributed by atoms with Gasteiger partial charge in [0.15, 0.2) is 0 Å². The molecule has 3 rings (SSSR count). The van der Waals surface area contributed by atoms with Gasteiger partial charge in [0.25, 0.3) is 11.8 Å². The van der Waals surface area contributed by atoms with Gasteiger partial charge in [-0.15, -0.1) is 0 Å². The molecule has 1 aliphatic heterocycles. The Morgan fingerprint density at radius 3 is 2.75 bits per heavy atom. The van der Waals surface area contributed by atoms with Crippen molar-refractivity contribution in [1.29, 1.82) is 0 Å². The summed E-state index contributed by atoms with van der Waals surface area (Å²) in [7, 11) is 3.06. The van der Waals surface area contributed by atoms with Crippen LogP contribution in [0.3, 0.4) is 0 Å². The molecule has 1 aliphatic rings. The van der Waals surface area contributed by atoms with E-state index in [1.54, 1.807) is 31.4 Å². The van der Waals surface area contributed by atoms with Crippen molar-refractivity contribution in [3.05, 3.63) is 47.8 Å². The lowest BCUT2D eigenvalue weighted by atomic mass is 10.2. The van der Waals surface area contributed by atoms with E-state index in [4.69, 9.17) is 14.2 Å². The van der Waals surface area contributed by atoms with Crippen LogP contribution in [0.2, 0.25) is 0 Å². The smallest absolute Gasteiger partial charge is 0.269 e. The minimum absolute atomic E-state index is 0.0398. The molecule has 0 radical (unpaired) electrons. The summed E-state index contributed by atoms with van der Waals surface area (Å²) in [5.41, 5.74) is 0.983. The molecule has 2 N–H and O–H groups in total. The number of nitrogens with zero attached hydrogens (tertiary/aromatic N) is 1. The molecule has 2 aromatic rings. The molecule has 1 unspecified atom stereocenters. The molecular weight excluding hydrogens is 362 g/mol. The summed E-state index contributed by atoms with van der Waals surface area (Å²) in [4.78, 5) is 29.0. The van der Waals surface area contributed by atoms with Crippen LogP contribution in [0, 0.1) is 0 Å². The predicted octanol–water partition coefficient (Wildman–Crippen LogP) is 2.26. The molecule has 0 aliphatic carbocycles. The van der Waals surface area contributed by atoms with Crippen molar-refractivity contribution >= 4 is 17.5 Å². The summed E-state index contributed by atoms with van der Waals surface area (Å²) in [6, 6.07) is 8.07. The molecule has 28 heavy (non-hydrogen) atoms. The van der Waals surface area contributed by atoms with E-state index in [1.165, 1.54) is 19.4 Å². The van der Waals surface area contributed by atoms with Crippen LogP contribution in [0.15, 0.2) is 36.5 Å². The number of aromatic nitrogens is 1. The number of nitrogens with one attached hydrogen (secondary N) is 2. The predicted molar refractivity (Wildman–Crippen MR) is 103 cm³/mol. The standard InChI is InChI=1S/C20H23N3O5/c1-26-14-5-6-16(18(11-14)27-2)23-19(24)13-7-8-21-17(10-13)20(25)22-12-15-4-3-9-28-15/h5-8,10-11,15H,3-4,9,12H2,1-2H3,(H,22,25)(H,23,24). The summed E-state index contributed by atoms with van der Waals surface area (Å²) in [5.74, 6) is 0.367. The normalized spacial score (nSPS) is 15.7. The van der Waals surface area contributed by atoms with Crippen molar-refractivity contribution in [3.8, 4) is 11.5 Å². The van der Waals surface area contributed by atoms with Crippen LogP contribution in [0.4, 0.5) is 5.69 Å². The number of carbonyl (C=O) groups is 2. The molecule has 1 aromatic heterocycles. The van der Waals surface area contributed by atoms with E-state index in [0.717, 1.165) is 19.4 Å². The number of hydrogen-bond acceptors (Lipinski definition) is 6. The van der Waals surface area contributed by atoms with Crippen LogP contribution in [0.1, 0.15) is 33.7 Å². The molecule has 2 heterocycles. The lowest BCUT2D eigenvalue weighted by molar-refractivity contribution is 0.0853. The third-order valence-electron chi connectivity index (χ3n) is 4.43. The Hall–Kier alpha value is -3.13. The van der Waals surface area contributed by atoms with Gasteiger partial charge in [0.05, 0.1) is 26.0 Å². The number of benzene rings is 1. The van der Waals surface area contributed by atoms with Crippen LogP contribution in [-0.2, 0) is 4.74 Å². The van der Waals surface area contributed by atoms with Crippen molar-refractivity contribution in [3.63, 3.8) is 0 Å². The summed E-state index contributed by atoms with van der Waals surface area (Å²) >= 11 is 0. The molecule has 1 fully saturated rings. The molecule has 0 bridgehead atoms. The highest BCUT2D eigenvalue weighted by atomic mass is 16.5. The second-order valence-corrected chi connectivity index (χ2v) is 6.30. The average Bonchev–Trinajstić information content (AvgIpc) is 3.26. The summed E-state index contributed by atoms with van der Waals surface area (Å²) in [6.07, 6.45) is 3.41. The molecule has 0 spiro atoms. The molecule has 1 aromatic carbocycles. The van der Waals surface area contributed by atoms with E-state index < -0.39 is 0 Å². The second kappa shape index (κ2) is 9.18. The van der Waals surface area contributed by atoms with Crippen molar-refractivity contribution < 1.29 is 23.8 Å². The lowest BCUT2D eigenvalue weighted by Crippen LogP contribution is -2.32. The first-order chi connectivity index (χ1) is 13.6. The summed E-state index contributed by atoms with van der Waals surface area (Å²) < 4.78 is 15.9. The third-order valence-corrected chi connectivity index (χ3v) is 4.43. The second-order valence-electron chi connectivity index (χ2n) is 6.30. The number of amides is 2. The van der Waals surface area contributed by atoms with Crippen molar-refractivity contribution in [2.45, 2.75) is 18.9 Å². The highest BCUT2D eigenvalue weighted by Crippen LogP contribution is 2.29. The van der Waals surface area contributed by atoms with Gasteiger partial charge in [-0.25, -0.2) is 0 Å². The number of methoxy groups -OCH3 is 2. The first-order valence-electron chi connectivity index (χ1n) is 9.00. The fraction of sp³-hybridized carbons (Fsp3) is 0.350. The maximum atomic E-state index is 12.6. The van der Waals surface area contributed by atoms with Gasteiger partial charge >= 0.3 is 0 Å². The van der Waals surface area contributed by atoms with E-state index in [-0.39, 0.29) is 23.6 Å². The Bertz CT molecular complexity index is 849. The number of ether oxygens (including phenoxy) is 3. The highest BCUT2D eigenvalue weighted by molar-refractivity contribution is 6.06. The summed E-state index contributed by atoms with van der Waals surface area (Å²) in [6.45, 7) is 1.16. The zero-order valence-corrected chi connectivity index (χ0v) is 15.9. The zero-order valence-electron chi connectivity index (χ0n) is 15.9. The SMILES string of the molecule is COc1ccc(NC(=O)c2ccnc(C(=O)NCC3CCCO3)c2)c(OC)c1. The van der Waals surface area contributed by atoms with Crippen molar-refractivity contribution in [2.24, 2.45) is 0 Å². The van der Waals surface area contributed by atoms with E-state index in [9.17, 15) is 9.59 Å². The fourth-order valence-electron chi connectivity index (χ4n) is 2.89. The molecule has 0 saturated carbocycles. The lowest BCUT2D eigenvalue weighted by Gasteiger charge is -2.12. The van der Waals surface area contributed by atoms with Gasteiger partial charge in [-0.05, 0) is 37.1 Å². The van der Waals surface area contributed by atoms with Crippen LogP contribution >= 0.6 is 0 Å². The Morgan fingerprint density at radius 2 is 2.04 bits per heavy atom. The molecule has 1 saturated heterocycles. The van der Waals surface area contributed by atoms with Gasteiger partial charge in [0, 0.05) is 31.0 Å². The zero-order chi connectivity index (χ0) is 19.9. The first kappa shape index (κ1) is 19.6. The number of carbonyl (C=O) groups excluding carboxylic acids is 2. The van der Waals surface area contributed by atoms with Crippen LogP contribution < -0.4 is 20.1 Å². The molecule has 8 nitrogen and oxygen atoms in total. The Kier molecular flexibility index (Phi) is 6.44. The van der Waals surface area contributed by atoms with Gasteiger partial charge in [-0.3, -0.25) is 14.6 Å². The Morgan fingerprint density at radius 1 is 1.18 bits per heavy atom. The number of anilines is 1. The average molecular weight is 385 g/mol. The van der Waals surface area contributed by atoms with Gasteiger partial charge in [-0.1, -0.05) is 0 Å². The van der Waals surface area contributed by atoms with Gasteiger partial charge in [-0.2, -0.15) is 0 Å².